The molecule has 0 saturated carbocycles. The van der Waals surface area contributed by atoms with Crippen LogP contribution < -0.4 is 10.6 Å². The molecule has 4 nitrogen and oxygen atoms in total. The van der Waals surface area contributed by atoms with Crippen LogP contribution in [-0.2, 0) is 0 Å². The Hall–Kier alpha value is -1.23. The van der Waals surface area contributed by atoms with Crippen molar-refractivity contribution in [3.8, 4) is 0 Å². The summed E-state index contributed by atoms with van der Waals surface area (Å²) < 4.78 is 12.7. The highest BCUT2D eigenvalue weighted by molar-refractivity contribution is 5.29. The summed E-state index contributed by atoms with van der Waals surface area (Å²) in [6.07, 6.45) is 4.52. The molecule has 1 aliphatic heterocycles. The number of anilines is 1. The lowest BCUT2D eigenvalue weighted by Crippen LogP contribution is -2.40. The SMILES string of the molecule is CC(N)C1CCN(c2ncc(F)cn2)CC1. The highest BCUT2D eigenvalue weighted by atomic mass is 19.1. The van der Waals surface area contributed by atoms with Gasteiger partial charge in [-0.05, 0) is 25.7 Å². The molecule has 0 spiro atoms. The highest BCUT2D eigenvalue weighted by Gasteiger charge is 2.23. The fourth-order valence-corrected chi connectivity index (χ4v) is 2.09. The summed E-state index contributed by atoms with van der Waals surface area (Å²) >= 11 is 0. The number of nitrogens with two attached hydrogens (primary N) is 1. The maximum Gasteiger partial charge on any atom is 0.225 e. The number of nitrogens with zero attached hydrogens (tertiary/aromatic N) is 3. The molecule has 2 heterocycles. The molecular weight excluding hydrogens is 207 g/mol. The fourth-order valence-electron chi connectivity index (χ4n) is 2.09. The third kappa shape index (κ3) is 2.47. The molecule has 1 unspecified atom stereocenters. The molecule has 1 fully saturated rings. The van der Waals surface area contributed by atoms with Crippen LogP contribution in [0.3, 0.4) is 0 Å². The van der Waals surface area contributed by atoms with Gasteiger partial charge in [0.1, 0.15) is 0 Å². The lowest BCUT2D eigenvalue weighted by Gasteiger charge is -2.33. The highest BCUT2D eigenvalue weighted by Crippen LogP contribution is 2.21. The van der Waals surface area contributed by atoms with Crippen LogP contribution in [0.25, 0.3) is 0 Å². The average molecular weight is 224 g/mol. The van der Waals surface area contributed by atoms with E-state index in [4.69, 9.17) is 5.73 Å². The fraction of sp³-hybridized carbons (Fsp3) is 0.636. The first-order chi connectivity index (χ1) is 7.66. The molecule has 0 bridgehead atoms. The normalized spacial score (nSPS) is 19.8. The van der Waals surface area contributed by atoms with Gasteiger partial charge < -0.3 is 10.6 Å². The molecule has 1 atom stereocenters. The predicted molar refractivity (Wildman–Crippen MR) is 60.6 cm³/mol. The second kappa shape index (κ2) is 4.74. The first kappa shape index (κ1) is 11.3. The van der Waals surface area contributed by atoms with Crippen LogP contribution in [0, 0.1) is 11.7 Å². The van der Waals surface area contributed by atoms with E-state index in [-0.39, 0.29) is 6.04 Å². The Morgan fingerprint density at radius 1 is 1.38 bits per heavy atom. The van der Waals surface area contributed by atoms with Gasteiger partial charge in [-0.1, -0.05) is 0 Å². The minimum atomic E-state index is -0.394. The van der Waals surface area contributed by atoms with Crippen LogP contribution >= 0.6 is 0 Å². The Bertz CT molecular complexity index is 330. The minimum absolute atomic E-state index is 0.247. The van der Waals surface area contributed by atoms with Crippen molar-refractivity contribution in [2.45, 2.75) is 25.8 Å². The molecule has 16 heavy (non-hydrogen) atoms. The third-order valence-corrected chi connectivity index (χ3v) is 3.17. The Labute approximate surface area is 94.7 Å². The van der Waals surface area contributed by atoms with Gasteiger partial charge in [-0.25, -0.2) is 14.4 Å². The summed E-state index contributed by atoms with van der Waals surface area (Å²) in [6.45, 7) is 3.85. The number of hydrogen-bond acceptors (Lipinski definition) is 4. The summed E-state index contributed by atoms with van der Waals surface area (Å²) in [5.74, 6) is 0.801. The van der Waals surface area contributed by atoms with E-state index in [1.165, 1.54) is 12.4 Å². The van der Waals surface area contributed by atoms with Crippen LogP contribution in [0.5, 0.6) is 0 Å². The monoisotopic (exact) mass is 224 g/mol. The number of piperidine rings is 1. The van der Waals surface area contributed by atoms with Gasteiger partial charge in [-0.2, -0.15) is 0 Å². The van der Waals surface area contributed by atoms with Crippen LogP contribution in [0.2, 0.25) is 0 Å². The molecule has 5 heteroatoms. The van der Waals surface area contributed by atoms with Crippen molar-refractivity contribution in [2.24, 2.45) is 11.7 Å². The molecule has 88 valence electrons. The number of halogens is 1. The number of rotatable bonds is 2. The van der Waals surface area contributed by atoms with Gasteiger partial charge in [0.05, 0.1) is 12.4 Å². The molecule has 0 radical (unpaired) electrons. The van der Waals surface area contributed by atoms with E-state index in [0.717, 1.165) is 25.9 Å². The molecule has 2 N–H and O–H groups in total. The van der Waals surface area contributed by atoms with E-state index in [9.17, 15) is 4.39 Å². The molecule has 1 saturated heterocycles. The van der Waals surface area contributed by atoms with E-state index in [0.29, 0.717) is 11.9 Å². The Kier molecular flexibility index (Phi) is 3.33. The summed E-state index contributed by atoms with van der Waals surface area (Å²) in [4.78, 5) is 10.0. The third-order valence-electron chi connectivity index (χ3n) is 3.17. The van der Waals surface area contributed by atoms with E-state index < -0.39 is 5.82 Å². The standard InChI is InChI=1S/C11H17FN4/c1-8(13)9-2-4-16(5-3-9)11-14-6-10(12)7-15-11/h6-9H,2-5,13H2,1H3. The number of hydrogen-bond donors (Lipinski definition) is 1. The first-order valence-corrected chi connectivity index (χ1v) is 5.65. The Balaban J connectivity index is 1.96. The molecular formula is C11H17FN4. The smallest absolute Gasteiger partial charge is 0.225 e. The van der Waals surface area contributed by atoms with Crippen LogP contribution in [0.4, 0.5) is 10.3 Å². The molecule has 0 amide bonds. The van der Waals surface area contributed by atoms with Crippen molar-refractivity contribution in [1.29, 1.82) is 0 Å². The van der Waals surface area contributed by atoms with Crippen molar-refractivity contribution in [3.63, 3.8) is 0 Å². The van der Waals surface area contributed by atoms with Crippen LogP contribution in [-0.4, -0.2) is 29.1 Å². The van der Waals surface area contributed by atoms with Gasteiger partial charge in [-0.15, -0.1) is 0 Å². The zero-order chi connectivity index (χ0) is 11.5. The van der Waals surface area contributed by atoms with Gasteiger partial charge >= 0.3 is 0 Å². The maximum atomic E-state index is 12.7. The predicted octanol–water partition coefficient (Wildman–Crippen LogP) is 1.18. The van der Waals surface area contributed by atoms with E-state index in [1.807, 2.05) is 0 Å². The van der Waals surface area contributed by atoms with Crippen LogP contribution in [0.1, 0.15) is 19.8 Å². The van der Waals surface area contributed by atoms with Crippen molar-refractivity contribution in [3.05, 3.63) is 18.2 Å². The largest absolute Gasteiger partial charge is 0.341 e. The second-order valence-electron chi connectivity index (χ2n) is 4.38. The second-order valence-corrected chi connectivity index (χ2v) is 4.38. The molecule has 1 aliphatic rings. The summed E-state index contributed by atoms with van der Waals surface area (Å²) in [7, 11) is 0. The minimum Gasteiger partial charge on any atom is -0.341 e. The van der Waals surface area contributed by atoms with Gasteiger partial charge in [0.15, 0.2) is 5.82 Å². The molecule has 2 rings (SSSR count). The maximum absolute atomic E-state index is 12.7. The molecule has 0 aliphatic carbocycles. The van der Waals surface area contributed by atoms with Crippen molar-refractivity contribution in [1.82, 2.24) is 9.97 Å². The average Bonchev–Trinajstić information content (AvgIpc) is 2.30. The molecule has 0 aromatic carbocycles. The van der Waals surface area contributed by atoms with Gasteiger partial charge in [0.25, 0.3) is 0 Å². The summed E-state index contributed by atoms with van der Waals surface area (Å²) in [5.41, 5.74) is 5.87. The Morgan fingerprint density at radius 2 is 1.94 bits per heavy atom. The van der Waals surface area contributed by atoms with Crippen LogP contribution in [0.15, 0.2) is 12.4 Å². The zero-order valence-corrected chi connectivity index (χ0v) is 9.43. The summed E-state index contributed by atoms with van der Waals surface area (Å²) in [6, 6.07) is 0.247. The van der Waals surface area contributed by atoms with Crippen molar-refractivity contribution >= 4 is 5.95 Å². The van der Waals surface area contributed by atoms with E-state index in [1.54, 1.807) is 0 Å². The Morgan fingerprint density at radius 3 is 2.44 bits per heavy atom. The first-order valence-electron chi connectivity index (χ1n) is 5.65. The van der Waals surface area contributed by atoms with Gasteiger partial charge in [-0.3, -0.25) is 0 Å². The summed E-state index contributed by atoms with van der Waals surface area (Å²) in [5, 5.41) is 0. The quantitative estimate of drug-likeness (QED) is 0.819. The lowest BCUT2D eigenvalue weighted by molar-refractivity contribution is 0.352. The van der Waals surface area contributed by atoms with E-state index in [2.05, 4.69) is 21.8 Å². The topological polar surface area (TPSA) is 55.0 Å². The van der Waals surface area contributed by atoms with Crippen molar-refractivity contribution < 1.29 is 4.39 Å². The number of aromatic nitrogens is 2. The zero-order valence-electron chi connectivity index (χ0n) is 9.43. The van der Waals surface area contributed by atoms with Gasteiger partial charge in [0.2, 0.25) is 5.95 Å². The molecule has 1 aromatic heterocycles. The van der Waals surface area contributed by atoms with Crippen molar-refractivity contribution in [2.75, 3.05) is 18.0 Å². The van der Waals surface area contributed by atoms with Gasteiger partial charge in [0, 0.05) is 19.1 Å². The molecule has 1 aromatic rings. The lowest BCUT2D eigenvalue weighted by atomic mass is 9.91. The van der Waals surface area contributed by atoms with E-state index >= 15 is 0 Å².